The average molecular weight is 290 g/mol. The zero-order valence-electron chi connectivity index (χ0n) is 10.9. The van der Waals surface area contributed by atoms with Crippen LogP contribution in [-0.2, 0) is 18.8 Å². The van der Waals surface area contributed by atoms with Gasteiger partial charge < -0.3 is 8.37 Å². The van der Waals surface area contributed by atoms with Crippen LogP contribution in [0.3, 0.4) is 0 Å². The second-order valence-electron chi connectivity index (χ2n) is 6.63. The summed E-state index contributed by atoms with van der Waals surface area (Å²) in [6.45, 7) is 0. The van der Waals surface area contributed by atoms with E-state index in [1.54, 1.807) is 12.2 Å². The predicted molar refractivity (Wildman–Crippen MR) is 76.8 cm³/mol. The third kappa shape index (κ3) is 2.35. The van der Waals surface area contributed by atoms with Gasteiger partial charge in [-0.2, -0.15) is 0 Å². The summed E-state index contributed by atoms with van der Waals surface area (Å²) in [6, 6.07) is 0. The molecule has 102 valence electrons. The third-order valence-corrected chi connectivity index (χ3v) is 6.91. The molecule has 0 N–H and O–H groups in total. The highest BCUT2D eigenvalue weighted by atomic mass is 32.4. The molecule has 0 radical (unpaired) electrons. The molecule has 0 saturated carbocycles. The van der Waals surface area contributed by atoms with Gasteiger partial charge in [-0.25, -0.2) is 8.29 Å². The molecule has 0 aromatic heterocycles. The summed E-state index contributed by atoms with van der Waals surface area (Å²) in [7, 11) is -6.95. The van der Waals surface area contributed by atoms with Crippen LogP contribution in [-0.4, -0.2) is 33.4 Å². The zero-order valence-corrected chi connectivity index (χ0v) is 12.5. The van der Waals surface area contributed by atoms with Gasteiger partial charge in [0.25, 0.3) is 0 Å². The minimum Gasteiger partial charge on any atom is -0.348 e. The Balaban J connectivity index is 2.78. The van der Waals surface area contributed by atoms with Gasteiger partial charge in [0, 0.05) is 0 Å². The van der Waals surface area contributed by atoms with Gasteiger partial charge in [0.15, 0.2) is 10.9 Å². The Bertz CT molecular complexity index is 624. The molecule has 4 nitrogen and oxygen atoms in total. The van der Waals surface area contributed by atoms with Crippen LogP contribution in [0.5, 0.6) is 0 Å². The molecule has 2 rings (SSSR count). The number of hydrogen-bond donors (Lipinski definition) is 0. The van der Waals surface area contributed by atoms with Crippen LogP contribution >= 0.6 is 8.29 Å². The Hall–Kier alpha value is -1.14. The Labute approximate surface area is 107 Å². The highest BCUT2D eigenvalue weighted by Crippen LogP contribution is 2.87. The normalized spacial score (nSPS) is 38.7. The molecule has 0 unspecified atom stereocenters. The van der Waals surface area contributed by atoms with Crippen molar-refractivity contribution < 1.29 is 16.8 Å². The van der Waals surface area contributed by atoms with Crippen LogP contribution < -0.4 is 0 Å². The van der Waals surface area contributed by atoms with Gasteiger partial charge in [-0.3, -0.25) is 0 Å². The molecule has 0 fully saturated rings. The van der Waals surface area contributed by atoms with Gasteiger partial charge in [0.1, 0.15) is 0 Å². The summed E-state index contributed by atoms with van der Waals surface area (Å²) in [5, 5.41) is 2.41. The molecule has 0 atom stereocenters. The SMILES string of the molecule is CS1(C)(C)(C)\C=C/C=C\C=C/C2=C1OS(=O)(=O)O2. The third-order valence-electron chi connectivity index (χ3n) is 2.69. The van der Waals surface area contributed by atoms with Gasteiger partial charge in [-0.15, -0.1) is 8.42 Å². The quantitative estimate of drug-likeness (QED) is 0.688. The summed E-state index contributed by atoms with van der Waals surface area (Å²) < 4.78 is 33.1. The van der Waals surface area contributed by atoms with Crippen molar-refractivity contribution in [3.8, 4) is 0 Å². The van der Waals surface area contributed by atoms with Crippen LogP contribution in [0.2, 0.25) is 0 Å². The van der Waals surface area contributed by atoms with Crippen molar-refractivity contribution in [1.29, 1.82) is 0 Å². The lowest BCUT2D eigenvalue weighted by molar-refractivity contribution is 0.369. The highest BCUT2D eigenvalue weighted by molar-refractivity contribution is 8.67. The number of rotatable bonds is 0. The second kappa shape index (κ2) is 3.05. The molecule has 18 heavy (non-hydrogen) atoms. The van der Waals surface area contributed by atoms with Gasteiger partial charge in [-0.1, -0.05) is 29.7 Å². The van der Waals surface area contributed by atoms with Crippen molar-refractivity contribution in [2.45, 2.75) is 0 Å². The van der Waals surface area contributed by atoms with Crippen molar-refractivity contribution in [2.24, 2.45) is 0 Å². The Morgan fingerprint density at radius 2 is 1.56 bits per heavy atom. The molecule has 2 aliphatic heterocycles. The van der Waals surface area contributed by atoms with Crippen LogP contribution in [0.25, 0.3) is 0 Å². The van der Waals surface area contributed by atoms with Gasteiger partial charge >= 0.3 is 10.4 Å². The molecular weight excluding hydrogens is 272 g/mol. The molecule has 0 aromatic rings. The fourth-order valence-corrected chi connectivity index (χ4v) is 5.89. The van der Waals surface area contributed by atoms with E-state index in [9.17, 15) is 8.42 Å². The molecule has 0 aromatic carbocycles. The fraction of sp³-hybridized carbons (Fsp3) is 0.333. The van der Waals surface area contributed by atoms with Gasteiger partial charge in [0.05, 0.1) is 0 Å². The fourth-order valence-electron chi connectivity index (χ4n) is 1.74. The van der Waals surface area contributed by atoms with Gasteiger partial charge in [-0.05, 0) is 31.1 Å². The second-order valence-corrected chi connectivity index (χ2v) is 17.1. The summed E-state index contributed by atoms with van der Waals surface area (Å²) in [5.41, 5.74) is 0. The van der Waals surface area contributed by atoms with E-state index in [2.05, 4.69) is 0 Å². The van der Waals surface area contributed by atoms with Crippen molar-refractivity contribution in [2.75, 3.05) is 25.0 Å². The van der Waals surface area contributed by atoms with E-state index >= 15 is 0 Å². The average Bonchev–Trinajstić information content (AvgIpc) is 2.47. The summed E-state index contributed by atoms with van der Waals surface area (Å²) in [6.07, 6.45) is 17.0. The smallest absolute Gasteiger partial charge is 0.348 e. The van der Waals surface area contributed by atoms with E-state index in [1.807, 2.05) is 48.7 Å². The van der Waals surface area contributed by atoms with E-state index in [1.165, 1.54) is 0 Å². The van der Waals surface area contributed by atoms with E-state index in [-0.39, 0.29) is 5.76 Å². The standard InChI is InChI=1S/C12H18O4S2/c1-18(2,3,4)10-8-6-5-7-9-11-12(18)16-17(13,14)15-11/h5-10H,1-4H3/b6-5-,9-7-,10-8-. The first kappa shape index (κ1) is 13.3. The molecule has 0 bridgehead atoms. The molecule has 2 heterocycles. The van der Waals surface area contributed by atoms with E-state index < -0.39 is 18.7 Å². The predicted octanol–water partition coefficient (Wildman–Crippen LogP) is 2.48. The summed E-state index contributed by atoms with van der Waals surface area (Å²) in [5.74, 6) is 0.267. The topological polar surface area (TPSA) is 52.6 Å². The lowest BCUT2D eigenvalue weighted by Crippen LogP contribution is -2.31. The first-order valence-electron chi connectivity index (χ1n) is 5.35. The number of allylic oxidation sites excluding steroid dienone is 5. The molecular formula is C12H18O4S2. The van der Waals surface area contributed by atoms with Crippen molar-refractivity contribution >= 4 is 18.7 Å². The van der Waals surface area contributed by atoms with E-state index in [4.69, 9.17) is 8.37 Å². The number of hydrogen-bond acceptors (Lipinski definition) is 4. The van der Waals surface area contributed by atoms with Crippen molar-refractivity contribution in [3.05, 3.63) is 46.6 Å². The van der Waals surface area contributed by atoms with Gasteiger partial charge in [0.2, 0.25) is 0 Å². The van der Waals surface area contributed by atoms with E-state index in [0.29, 0.717) is 5.09 Å². The molecule has 0 amide bonds. The Kier molecular flexibility index (Phi) is 2.26. The minimum atomic E-state index is -3.97. The first-order valence-corrected chi connectivity index (χ1v) is 10.8. The van der Waals surface area contributed by atoms with Crippen molar-refractivity contribution in [1.82, 2.24) is 0 Å². The van der Waals surface area contributed by atoms with E-state index in [0.717, 1.165) is 0 Å². The van der Waals surface area contributed by atoms with Crippen LogP contribution in [0.1, 0.15) is 0 Å². The maximum Gasteiger partial charge on any atom is 0.501 e. The van der Waals surface area contributed by atoms with Crippen LogP contribution in [0.4, 0.5) is 0 Å². The largest absolute Gasteiger partial charge is 0.501 e. The maximum absolute atomic E-state index is 11.5. The lowest BCUT2D eigenvalue weighted by atomic mass is 10.4. The van der Waals surface area contributed by atoms with Crippen LogP contribution in [0, 0.1) is 0 Å². The zero-order chi connectivity index (χ0) is 13.7. The molecule has 2 aliphatic rings. The van der Waals surface area contributed by atoms with Crippen molar-refractivity contribution in [3.63, 3.8) is 0 Å². The highest BCUT2D eigenvalue weighted by Gasteiger charge is 2.53. The molecule has 0 aliphatic carbocycles. The Morgan fingerprint density at radius 3 is 2.22 bits per heavy atom. The molecule has 0 spiro atoms. The first-order chi connectivity index (χ1) is 7.92. The lowest BCUT2D eigenvalue weighted by Gasteiger charge is -2.64. The van der Waals surface area contributed by atoms with Crippen LogP contribution in [0.15, 0.2) is 46.6 Å². The molecule has 0 saturated heterocycles. The summed E-state index contributed by atoms with van der Waals surface area (Å²) >= 11 is 0. The Morgan fingerprint density at radius 1 is 0.944 bits per heavy atom. The summed E-state index contributed by atoms with van der Waals surface area (Å²) in [4.78, 5) is 0. The molecule has 6 heteroatoms. The maximum atomic E-state index is 11.5. The minimum absolute atomic E-state index is 0.267. The monoisotopic (exact) mass is 290 g/mol.